The first-order chi connectivity index (χ1) is 17.2. The Morgan fingerprint density at radius 1 is 1.19 bits per heavy atom. The molecule has 2 amide bonds. The molecule has 1 atom stereocenters. The van der Waals surface area contributed by atoms with Gasteiger partial charge in [0.15, 0.2) is 17.3 Å². The maximum atomic E-state index is 15.1. The van der Waals surface area contributed by atoms with Gasteiger partial charge in [0.05, 0.1) is 23.6 Å². The quantitative estimate of drug-likeness (QED) is 0.497. The fourth-order valence-electron chi connectivity index (χ4n) is 4.48. The van der Waals surface area contributed by atoms with Crippen LogP contribution in [0.4, 0.5) is 10.2 Å². The molecule has 0 bridgehead atoms. The van der Waals surface area contributed by atoms with E-state index in [9.17, 15) is 14.4 Å². The first-order valence-corrected chi connectivity index (χ1v) is 11.6. The number of carbonyl (C=O) groups excluding carboxylic acids is 2. The minimum absolute atomic E-state index is 0.0162. The SMILES string of the molecule is COC1CC(Oc2c(C)cc(-c3ccc(-c4cn(C5CCC(=O)NC5=O)c(=O)o4)c(F)c3)nc2N)C1. The number of carbonyl (C=O) groups is 2. The zero-order valence-electron chi connectivity index (χ0n) is 19.7. The molecule has 36 heavy (non-hydrogen) atoms. The van der Waals surface area contributed by atoms with E-state index in [1.165, 1.54) is 18.3 Å². The Morgan fingerprint density at radius 2 is 1.97 bits per heavy atom. The van der Waals surface area contributed by atoms with Crippen LogP contribution in [-0.2, 0) is 14.3 Å². The number of pyridine rings is 1. The van der Waals surface area contributed by atoms with Crippen molar-refractivity contribution < 1.29 is 27.9 Å². The number of nitrogens with two attached hydrogens (primary N) is 1. The number of methoxy groups -OCH3 is 1. The summed E-state index contributed by atoms with van der Waals surface area (Å²) in [5.74, 6) is -1.77. The molecule has 5 rings (SSSR count). The van der Waals surface area contributed by atoms with Crippen LogP contribution in [-0.4, -0.2) is 40.7 Å². The molecule has 3 heterocycles. The minimum atomic E-state index is -0.897. The number of hydrogen-bond donors (Lipinski definition) is 2. The number of nitrogens with one attached hydrogen (secondary N) is 1. The van der Waals surface area contributed by atoms with Gasteiger partial charge in [-0.25, -0.2) is 14.2 Å². The number of piperidine rings is 1. The smallest absolute Gasteiger partial charge is 0.420 e. The molecule has 10 nitrogen and oxygen atoms in total. The summed E-state index contributed by atoms with van der Waals surface area (Å²) in [5.41, 5.74) is 7.92. The lowest BCUT2D eigenvalue weighted by molar-refractivity contribution is -0.135. The molecular formula is C25H25FN4O6. The van der Waals surface area contributed by atoms with E-state index in [2.05, 4.69) is 10.3 Å². The second kappa shape index (κ2) is 9.23. The summed E-state index contributed by atoms with van der Waals surface area (Å²) in [5, 5.41) is 2.19. The van der Waals surface area contributed by atoms with Crippen LogP contribution in [0.2, 0.25) is 0 Å². The fourth-order valence-corrected chi connectivity index (χ4v) is 4.48. The largest absolute Gasteiger partial charge is 0.486 e. The number of ether oxygens (including phenoxy) is 2. The number of nitrogens with zero attached hydrogens (tertiary/aromatic N) is 2. The van der Waals surface area contributed by atoms with Gasteiger partial charge >= 0.3 is 5.76 Å². The van der Waals surface area contributed by atoms with E-state index in [0.29, 0.717) is 17.0 Å². The zero-order chi connectivity index (χ0) is 25.6. The Hall–Kier alpha value is -3.99. The van der Waals surface area contributed by atoms with E-state index in [0.717, 1.165) is 23.0 Å². The van der Waals surface area contributed by atoms with Crippen LogP contribution in [0, 0.1) is 12.7 Å². The van der Waals surface area contributed by atoms with Gasteiger partial charge in [0.2, 0.25) is 11.8 Å². The highest BCUT2D eigenvalue weighted by Gasteiger charge is 2.32. The molecule has 1 unspecified atom stereocenters. The number of amides is 2. The standard InChI is InChI=1S/C25H25FN4O6/c1-12-7-18(28-23(27)22(12)35-15-9-14(10-15)34-2)13-3-4-16(17(26)8-13)20-11-30(25(33)36-20)19-5-6-21(31)29-24(19)32/h3-4,7-8,11,14-15,19H,5-6,9-10H2,1-2H3,(H2,27,28)(H,29,31,32). The van der Waals surface area contributed by atoms with E-state index in [1.54, 1.807) is 19.2 Å². The molecule has 0 spiro atoms. The Morgan fingerprint density at radius 3 is 2.64 bits per heavy atom. The van der Waals surface area contributed by atoms with Crippen molar-refractivity contribution in [1.82, 2.24) is 14.9 Å². The molecule has 3 N–H and O–H groups in total. The van der Waals surface area contributed by atoms with Crippen LogP contribution in [0.25, 0.3) is 22.6 Å². The van der Waals surface area contributed by atoms with Crippen LogP contribution >= 0.6 is 0 Å². The predicted octanol–water partition coefficient (Wildman–Crippen LogP) is 2.73. The van der Waals surface area contributed by atoms with Crippen molar-refractivity contribution in [3.63, 3.8) is 0 Å². The molecule has 1 saturated carbocycles. The number of imide groups is 1. The topological polar surface area (TPSA) is 139 Å². The van der Waals surface area contributed by atoms with Crippen molar-refractivity contribution in [2.24, 2.45) is 0 Å². The number of aryl methyl sites for hydroxylation is 1. The van der Waals surface area contributed by atoms with Crippen LogP contribution in [0.1, 0.15) is 37.3 Å². The van der Waals surface area contributed by atoms with E-state index in [1.807, 2.05) is 6.92 Å². The van der Waals surface area contributed by atoms with Crippen molar-refractivity contribution in [1.29, 1.82) is 0 Å². The van der Waals surface area contributed by atoms with Gasteiger partial charge in [0, 0.05) is 31.9 Å². The number of aromatic nitrogens is 2. The second-order valence-corrected chi connectivity index (χ2v) is 9.04. The lowest BCUT2D eigenvalue weighted by Crippen LogP contribution is -2.43. The van der Waals surface area contributed by atoms with E-state index < -0.39 is 29.4 Å². The van der Waals surface area contributed by atoms with Crippen molar-refractivity contribution in [2.45, 2.75) is 50.9 Å². The molecule has 2 aliphatic rings. The summed E-state index contributed by atoms with van der Waals surface area (Å²) < 4.78 is 32.7. The molecule has 1 aliphatic carbocycles. The van der Waals surface area contributed by atoms with Crippen molar-refractivity contribution in [3.8, 4) is 28.3 Å². The molecule has 1 saturated heterocycles. The van der Waals surface area contributed by atoms with Gasteiger partial charge in [-0.15, -0.1) is 0 Å². The molecule has 2 aromatic heterocycles. The van der Waals surface area contributed by atoms with Crippen molar-refractivity contribution in [2.75, 3.05) is 12.8 Å². The third-order valence-electron chi connectivity index (χ3n) is 6.59. The maximum Gasteiger partial charge on any atom is 0.420 e. The first-order valence-electron chi connectivity index (χ1n) is 11.6. The van der Waals surface area contributed by atoms with Gasteiger partial charge < -0.3 is 19.6 Å². The van der Waals surface area contributed by atoms with E-state index in [-0.39, 0.29) is 42.2 Å². The van der Waals surface area contributed by atoms with Crippen LogP contribution in [0.15, 0.2) is 39.7 Å². The zero-order valence-corrected chi connectivity index (χ0v) is 19.7. The summed E-state index contributed by atoms with van der Waals surface area (Å²) in [6, 6.07) is 5.25. The summed E-state index contributed by atoms with van der Waals surface area (Å²) in [7, 11) is 1.67. The molecule has 2 fully saturated rings. The highest BCUT2D eigenvalue weighted by molar-refractivity contribution is 5.99. The molecule has 188 valence electrons. The lowest BCUT2D eigenvalue weighted by atomic mass is 9.92. The monoisotopic (exact) mass is 496 g/mol. The average molecular weight is 496 g/mol. The van der Waals surface area contributed by atoms with Gasteiger partial charge in [-0.05, 0) is 37.1 Å². The average Bonchev–Trinajstić information content (AvgIpc) is 3.18. The van der Waals surface area contributed by atoms with Crippen LogP contribution in [0.5, 0.6) is 5.75 Å². The first kappa shape index (κ1) is 23.7. The molecule has 1 aromatic carbocycles. The van der Waals surface area contributed by atoms with E-state index in [4.69, 9.17) is 19.6 Å². The Balaban J connectivity index is 1.38. The van der Waals surface area contributed by atoms with Gasteiger partial charge in [0.1, 0.15) is 18.0 Å². The maximum absolute atomic E-state index is 15.1. The molecule has 0 radical (unpaired) electrons. The highest BCUT2D eigenvalue weighted by atomic mass is 19.1. The minimum Gasteiger partial charge on any atom is -0.486 e. The Kier molecular flexibility index (Phi) is 6.09. The highest BCUT2D eigenvalue weighted by Crippen LogP contribution is 2.35. The number of halogens is 1. The number of hydrogen-bond acceptors (Lipinski definition) is 8. The van der Waals surface area contributed by atoms with E-state index >= 15 is 4.39 Å². The predicted molar refractivity (Wildman–Crippen MR) is 127 cm³/mol. The number of rotatable bonds is 6. The summed E-state index contributed by atoms with van der Waals surface area (Å²) in [6.45, 7) is 1.85. The molecule has 3 aromatic rings. The molecule has 11 heteroatoms. The second-order valence-electron chi connectivity index (χ2n) is 9.04. The molecule has 1 aliphatic heterocycles. The fraction of sp³-hybridized carbons (Fsp3) is 0.360. The van der Waals surface area contributed by atoms with Crippen molar-refractivity contribution >= 4 is 17.6 Å². The van der Waals surface area contributed by atoms with Gasteiger partial charge in [-0.1, -0.05) is 6.07 Å². The van der Waals surface area contributed by atoms with Crippen LogP contribution < -0.4 is 21.5 Å². The lowest BCUT2D eigenvalue weighted by Gasteiger charge is -2.34. The van der Waals surface area contributed by atoms with Gasteiger partial charge in [-0.2, -0.15) is 0 Å². The number of nitrogen functional groups attached to an aromatic ring is 1. The normalized spacial score (nSPS) is 21.7. The van der Waals surface area contributed by atoms with Gasteiger partial charge in [0.25, 0.3) is 0 Å². The summed E-state index contributed by atoms with van der Waals surface area (Å²) >= 11 is 0. The third-order valence-corrected chi connectivity index (χ3v) is 6.59. The molecular weight excluding hydrogens is 471 g/mol. The Labute approximate surface area is 205 Å². The van der Waals surface area contributed by atoms with Crippen molar-refractivity contribution in [3.05, 3.63) is 52.4 Å². The number of benzene rings is 1. The van der Waals surface area contributed by atoms with Gasteiger partial charge in [-0.3, -0.25) is 19.5 Å². The number of anilines is 1. The Bertz CT molecular complexity index is 1380. The summed E-state index contributed by atoms with van der Waals surface area (Å²) in [6.07, 6.45) is 3.31. The van der Waals surface area contributed by atoms with Crippen LogP contribution in [0.3, 0.4) is 0 Å². The third kappa shape index (κ3) is 4.37. The summed E-state index contributed by atoms with van der Waals surface area (Å²) in [4.78, 5) is 40.3. The number of oxazole rings is 1.